The number of hydrogen-bond acceptors (Lipinski definition) is 2. The van der Waals surface area contributed by atoms with Crippen LogP contribution in [0.1, 0.15) is 26.2 Å². The van der Waals surface area contributed by atoms with E-state index < -0.39 is 0 Å². The third-order valence-corrected chi connectivity index (χ3v) is 1.74. The van der Waals surface area contributed by atoms with Crippen LogP contribution < -0.4 is 0 Å². The fourth-order valence-electron chi connectivity index (χ4n) is 0.962. The van der Waals surface area contributed by atoms with Gasteiger partial charge in [-0.2, -0.15) is 0 Å². The lowest BCUT2D eigenvalue weighted by Crippen LogP contribution is -1.96. The van der Waals surface area contributed by atoms with Crippen molar-refractivity contribution < 1.29 is 9.47 Å². The average Bonchev–Trinajstić information content (AvgIpc) is 2.45. The molecule has 0 radical (unpaired) electrons. The van der Waals surface area contributed by atoms with Crippen molar-refractivity contribution in [2.24, 2.45) is 0 Å². The second-order valence-corrected chi connectivity index (χ2v) is 2.48. The molecule has 0 aromatic heterocycles. The summed E-state index contributed by atoms with van der Waals surface area (Å²) in [6, 6.07) is 0. The van der Waals surface area contributed by atoms with Crippen molar-refractivity contribution in [2.75, 3.05) is 0 Å². The second kappa shape index (κ2) is 1.25. The molecule has 2 heterocycles. The Kier molecular flexibility index (Phi) is 0.746. The first-order valence-electron chi connectivity index (χ1n) is 3.23. The second-order valence-electron chi connectivity index (χ2n) is 2.48. The average molecular weight is 114 g/mol. The third kappa shape index (κ3) is 0.501. The lowest BCUT2D eigenvalue weighted by molar-refractivity contribution is -0.0541. The van der Waals surface area contributed by atoms with Crippen LogP contribution in [0.15, 0.2) is 0 Å². The lowest BCUT2D eigenvalue weighted by atomic mass is 10.2. The van der Waals surface area contributed by atoms with Crippen LogP contribution in [0, 0.1) is 0 Å². The monoisotopic (exact) mass is 114 g/mol. The molecule has 0 spiro atoms. The van der Waals surface area contributed by atoms with Crippen molar-refractivity contribution in [2.45, 2.75) is 38.3 Å². The van der Waals surface area contributed by atoms with Crippen LogP contribution in [-0.4, -0.2) is 12.1 Å². The van der Waals surface area contributed by atoms with Gasteiger partial charge in [-0.1, -0.05) is 13.3 Å². The summed E-state index contributed by atoms with van der Waals surface area (Å²) >= 11 is 0. The van der Waals surface area contributed by atoms with Crippen LogP contribution in [0.3, 0.4) is 0 Å². The fourth-order valence-corrected chi connectivity index (χ4v) is 0.962. The van der Waals surface area contributed by atoms with Crippen LogP contribution in [0.2, 0.25) is 0 Å². The first-order chi connectivity index (χ1) is 3.87. The van der Waals surface area contributed by atoms with Crippen molar-refractivity contribution in [1.82, 2.24) is 0 Å². The smallest absolute Gasteiger partial charge is 0.225 e. The summed E-state index contributed by atoms with van der Waals surface area (Å²) in [5.74, 6) is -0.0317. The van der Waals surface area contributed by atoms with Crippen molar-refractivity contribution in [3.63, 3.8) is 0 Å². The molecule has 2 aliphatic rings. The molecule has 0 aromatic rings. The molecule has 2 rings (SSSR count). The van der Waals surface area contributed by atoms with E-state index in [4.69, 9.17) is 9.47 Å². The Morgan fingerprint density at radius 2 is 2.12 bits per heavy atom. The van der Waals surface area contributed by atoms with Crippen molar-refractivity contribution in [3.05, 3.63) is 0 Å². The SMILES string of the molecule is CCCCC12OC1O2. The molecule has 8 heavy (non-hydrogen) atoms. The van der Waals surface area contributed by atoms with Gasteiger partial charge in [-0.3, -0.25) is 0 Å². The van der Waals surface area contributed by atoms with Gasteiger partial charge in [0.05, 0.1) is 0 Å². The lowest BCUT2D eigenvalue weighted by Gasteiger charge is -1.95. The Hall–Kier alpha value is -0.0800. The van der Waals surface area contributed by atoms with Gasteiger partial charge in [0, 0.05) is 6.42 Å². The molecule has 2 fully saturated rings. The van der Waals surface area contributed by atoms with Crippen LogP contribution in [0.25, 0.3) is 0 Å². The molecule has 0 bridgehead atoms. The Morgan fingerprint density at radius 1 is 1.50 bits per heavy atom. The fraction of sp³-hybridized carbons (Fsp3) is 1.00. The normalized spacial score (nSPS) is 48.4. The molecular weight excluding hydrogens is 104 g/mol. The number of rotatable bonds is 3. The molecule has 0 saturated carbocycles. The number of ether oxygens (including phenoxy) is 2. The van der Waals surface area contributed by atoms with E-state index in [0.29, 0.717) is 0 Å². The van der Waals surface area contributed by atoms with E-state index in [2.05, 4.69) is 6.92 Å². The van der Waals surface area contributed by atoms with Gasteiger partial charge < -0.3 is 9.47 Å². The van der Waals surface area contributed by atoms with E-state index in [1.165, 1.54) is 12.8 Å². The van der Waals surface area contributed by atoms with Gasteiger partial charge >= 0.3 is 0 Å². The molecule has 2 saturated heterocycles. The Labute approximate surface area is 48.8 Å². The molecule has 0 aliphatic carbocycles. The predicted octanol–water partition coefficient (Wildman–Crippen LogP) is 1.26. The minimum absolute atomic E-state index is 0.0317. The van der Waals surface area contributed by atoms with E-state index in [1.807, 2.05) is 0 Å². The van der Waals surface area contributed by atoms with Gasteiger partial charge in [0.1, 0.15) is 0 Å². The molecule has 0 atom stereocenters. The molecule has 0 unspecified atom stereocenters. The maximum atomic E-state index is 5.07. The number of epoxide rings is 2. The number of unbranched alkanes of at least 4 members (excludes halogenated alkanes) is 1. The van der Waals surface area contributed by atoms with Crippen LogP contribution >= 0.6 is 0 Å². The summed E-state index contributed by atoms with van der Waals surface area (Å²) in [6.45, 7) is 2.18. The molecule has 0 aromatic carbocycles. The van der Waals surface area contributed by atoms with E-state index in [9.17, 15) is 0 Å². The highest BCUT2D eigenvalue weighted by Gasteiger charge is 2.76. The van der Waals surface area contributed by atoms with Gasteiger partial charge in [0.2, 0.25) is 12.1 Å². The maximum absolute atomic E-state index is 5.07. The van der Waals surface area contributed by atoms with Gasteiger partial charge in [0.25, 0.3) is 0 Å². The van der Waals surface area contributed by atoms with Gasteiger partial charge in [-0.15, -0.1) is 0 Å². The standard InChI is InChI=1S/C6H10O2/c1-2-3-4-6-5(7-6)8-6/h5H,2-4H2,1H3. The summed E-state index contributed by atoms with van der Waals surface area (Å²) in [6.07, 6.45) is 3.79. The highest BCUT2D eigenvalue weighted by Crippen LogP contribution is 2.58. The zero-order chi connectivity index (χ0) is 5.61. The van der Waals surface area contributed by atoms with Crippen molar-refractivity contribution >= 4 is 0 Å². The van der Waals surface area contributed by atoms with Gasteiger partial charge in [0.15, 0.2) is 0 Å². The molecular formula is C6H10O2. The largest absolute Gasteiger partial charge is 0.310 e. The molecule has 0 N–H and O–H groups in total. The molecule has 2 aliphatic heterocycles. The summed E-state index contributed by atoms with van der Waals surface area (Å²) in [5.41, 5.74) is 0. The maximum Gasteiger partial charge on any atom is 0.225 e. The Balaban J connectivity index is 1.70. The third-order valence-electron chi connectivity index (χ3n) is 1.74. The van der Waals surface area contributed by atoms with Gasteiger partial charge in [-0.05, 0) is 6.42 Å². The summed E-state index contributed by atoms with van der Waals surface area (Å²) in [5, 5.41) is 0. The van der Waals surface area contributed by atoms with E-state index in [0.717, 1.165) is 6.42 Å². The molecule has 46 valence electrons. The Bertz CT molecular complexity index is 105. The van der Waals surface area contributed by atoms with E-state index in [-0.39, 0.29) is 12.1 Å². The summed E-state index contributed by atoms with van der Waals surface area (Å²) in [7, 11) is 0. The zero-order valence-electron chi connectivity index (χ0n) is 5.02. The van der Waals surface area contributed by atoms with Crippen LogP contribution in [-0.2, 0) is 9.47 Å². The highest BCUT2D eigenvalue weighted by atomic mass is 17.0. The van der Waals surface area contributed by atoms with Crippen LogP contribution in [0.5, 0.6) is 0 Å². The summed E-state index contributed by atoms with van der Waals surface area (Å²) < 4.78 is 10.1. The molecule has 2 heteroatoms. The minimum atomic E-state index is -0.0317. The van der Waals surface area contributed by atoms with Crippen molar-refractivity contribution in [1.29, 1.82) is 0 Å². The van der Waals surface area contributed by atoms with Crippen LogP contribution in [0.4, 0.5) is 0 Å². The summed E-state index contributed by atoms with van der Waals surface area (Å²) in [4.78, 5) is 0. The quantitative estimate of drug-likeness (QED) is 0.516. The molecule has 0 amide bonds. The molecule has 2 nitrogen and oxygen atoms in total. The van der Waals surface area contributed by atoms with E-state index >= 15 is 0 Å². The first kappa shape index (κ1) is 4.77. The zero-order valence-corrected chi connectivity index (χ0v) is 5.02. The predicted molar refractivity (Wildman–Crippen MR) is 28.2 cm³/mol. The highest BCUT2D eigenvalue weighted by molar-refractivity contribution is 5.02. The van der Waals surface area contributed by atoms with Gasteiger partial charge in [-0.25, -0.2) is 0 Å². The Morgan fingerprint density at radius 3 is 2.50 bits per heavy atom. The topological polar surface area (TPSA) is 25.1 Å². The van der Waals surface area contributed by atoms with E-state index in [1.54, 1.807) is 0 Å². The first-order valence-corrected chi connectivity index (χ1v) is 3.23. The number of hydrogen-bond donors (Lipinski definition) is 0. The number of fused-ring (bicyclic) bond motifs is 1. The minimum Gasteiger partial charge on any atom is -0.310 e. The van der Waals surface area contributed by atoms with Crippen molar-refractivity contribution in [3.8, 4) is 0 Å².